The molecule has 2 rings (SSSR count). The summed E-state index contributed by atoms with van der Waals surface area (Å²) in [6.45, 7) is 0. The quantitative estimate of drug-likeness (QED) is 0.849. The van der Waals surface area contributed by atoms with Gasteiger partial charge in [0.15, 0.2) is 0 Å². The van der Waals surface area contributed by atoms with E-state index in [1.807, 2.05) is 0 Å². The topological polar surface area (TPSA) is 49.3 Å². The van der Waals surface area contributed by atoms with Gasteiger partial charge in [0.1, 0.15) is 5.82 Å². The van der Waals surface area contributed by atoms with Crippen LogP contribution in [0.1, 0.15) is 10.4 Å². The summed E-state index contributed by atoms with van der Waals surface area (Å²) in [6, 6.07) is 9.03. The van der Waals surface area contributed by atoms with Crippen molar-refractivity contribution in [2.45, 2.75) is 0 Å². The number of halogens is 3. The van der Waals surface area contributed by atoms with Crippen LogP contribution in [-0.2, 0) is 0 Å². The Bertz CT molecular complexity index is 649. The summed E-state index contributed by atoms with van der Waals surface area (Å²) < 4.78 is 13.5. The SMILES string of the molecule is O=C(O)c1c(Br)cccc1Nc1ccc(F)c(Cl)c1. The van der Waals surface area contributed by atoms with E-state index in [9.17, 15) is 9.18 Å². The summed E-state index contributed by atoms with van der Waals surface area (Å²) in [7, 11) is 0. The number of carbonyl (C=O) groups is 1. The highest BCUT2D eigenvalue weighted by molar-refractivity contribution is 9.10. The number of aromatic carboxylic acids is 1. The largest absolute Gasteiger partial charge is 0.478 e. The molecule has 3 nitrogen and oxygen atoms in total. The fraction of sp³-hybridized carbons (Fsp3) is 0. The lowest BCUT2D eigenvalue weighted by atomic mass is 10.1. The van der Waals surface area contributed by atoms with Crippen LogP contribution in [0.5, 0.6) is 0 Å². The Morgan fingerprint density at radius 1 is 1.32 bits per heavy atom. The number of hydrogen-bond acceptors (Lipinski definition) is 2. The summed E-state index contributed by atoms with van der Waals surface area (Å²) in [6.07, 6.45) is 0. The van der Waals surface area contributed by atoms with Crippen molar-refractivity contribution in [1.82, 2.24) is 0 Å². The van der Waals surface area contributed by atoms with E-state index in [2.05, 4.69) is 21.2 Å². The first-order valence-electron chi connectivity index (χ1n) is 5.23. The lowest BCUT2D eigenvalue weighted by Gasteiger charge is -2.11. The van der Waals surface area contributed by atoms with E-state index in [1.165, 1.54) is 18.2 Å². The van der Waals surface area contributed by atoms with E-state index in [-0.39, 0.29) is 10.6 Å². The fourth-order valence-corrected chi connectivity index (χ4v) is 2.29. The van der Waals surface area contributed by atoms with Gasteiger partial charge in [0, 0.05) is 10.2 Å². The molecule has 2 aromatic rings. The number of rotatable bonds is 3. The van der Waals surface area contributed by atoms with Crippen LogP contribution in [0.3, 0.4) is 0 Å². The van der Waals surface area contributed by atoms with Crippen LogP contribution >= 0.6 is 27.5 Å². The Morgan fingerprint density at radius 2 is 2.05 bits per heavy atom. The molecule has 0 unspecified atom stereocenters. The van der Waals surface area contributed by atoms with Gasteiger partial charge in [0.2, 0.25) is 0 Å². The minimum Gasteiger partial charge on any atom is -0.478 e. The zero-order valence-corrected chi connectivity index (χ0v) is 11.8. The highest BCUT2D eigenvalue weighted by atomic mass is 79.9. The first-order valence-corrected chi connectivity index (χ1v) is 6.40. The highest BCUT2D eigenvalue weighted by Gasteiger charge is 2.14. The maximum atomic E-state index is 13.0. The Hall–Kier alpha value is -1.59. The second-order valence-electron chi connectivity index (χ2n) is 3.72. The maximum absolute atomic E-state index is 13.0. The van der Waals surface area contributed by atoms with Crippen molar-refractivity contribution in [1.29, 1.82) is 0 Å². The van der Waals surface area contributed by atoms with E-state index in [4.69, 9.17) is 16.7 Å². The summed E-state index contributed by atoms with van der Waals surface area (Å²) in [5.74, 6) is -1.59. The molecule has 0 spiro atoms. The number of carboxylic acids is 1. The van der Waals surface area contributed by atoms with Crippen LogP contribution in [0.15, 0.2) is 40.9 Å². The Kier molecular flexibility index (Phi) is 4.07. The number of benzene rings is 2. The van der Waals surface area contributed by atoms with E-state index in [0.29, 0.717) is 15.8 Å². The van der Waals surface area contributed by atoms with Gasteiger partial charge in [-0.1, -0.05) is 17.7 Å². The third-order valence-corrected chi connectivity index (χ3v) is 3.38. The minimum atomic E-state index is -1.07. The Morgan fingerprint density at radius 3 is 2.68 bits per heavy atom. The molecule has 0 saturated heterocycles. The van der Waals surface area contributed by atoms with Gasteiger partial charge in [0.05, 0.1) is 16.3 Å². The Balaban J connectivity index is 2.40. The second kappa shape index (κ2) is 5.59. The zero-order valence-electron chi connectivity index (χ0n) is 9.45. The third kappa shape index (κ3) is 3.05. The number of carboxylic acid groups (broad SMARTS) is 1. The predicted octanol–water partition coefficient (Wildman–Crippen LogP) is 4.68. The van der Waals surface area contributed by atoms with Gasteiger partial charge >= 0.3 is 5.97 Å². The fourth-order valence-electron chi connectivity index (χ4n) is 1.58. The van der Waals surface area contributed by atoms with Crippen LogP contribution in [0.2, 0.25) is 5.02 Å². The first-order chi connectivity index (χ1) is 8.99. The standard InChI is InChI=1S/C13H8BrClFNO2/c14-8-2-1-3-11(12(8)13(18)19)17-7-4-5-10(16)9(15)6-7/h1-6,17H,(H,18,19). The van der Waals surface area contributed by atoms with Crippen molar-refractivity contribution >= 4 is 44.9 Å². The van der Waals surface area contributed by atoms with Gasteiger partial charge in [0.25, 0.3) is 0 Å². The maximum Gasteiger partial charge on any atom is 0.338 e. The number of nitrogens with one attached hydrogen (secondary N) is 1. The van der Waals surface area contributed by atoms with E-state index in [0.717, 1.165) is 0 Å². The van der Waals surface area contributed by atoms with Gasteiger partial charge < -0.3 is 10.4 Å². The Labute approximate surface area is 122 Å². The van der Waals surface area contributed by atoms with Gasteiger partial charge in [-0.2, -0.15) is 0 Å². The molecule has 0 fully saturated rings. The number of hydrogen-bond donors (Lipinski definition) is 2. The van der Waals surface area contributed by atoms with Gasteiger partial charge in [-0.05, 0) is 46.3 Å². The molecule has 6 heteroatoms. The van der Waals surface area contributed by atoms with Crippen molar-refractivity contribution in [3.8, 4) is 0 Å². The third-order valence-electron chi connectivity index (χ3n) is 2.43. The summed E-state index contributed by atoms with van der Waals surface area (Å²) in [4.78, 5) is 11.2. The molecule has 0 atom stereocenters. The second-order valence-corrected chi connectivity index (χ2v) is 4.98. The number of anilines is 2. The average Bonchev–Trinajstić information content (AvgIpc) is 2.33. The van der Waals surface area contributed by atoms with Gasteiger partial charge in [-0.3, -0.25) is 0 Å². The lowest BCUT2D eigenvalue weighted by Crippen LogP contribution is -2.03. The van der Waals surface area contributed by atoms with Crippen molar-refractivity contribution < 1.29 is 14.3 Å². The smallest absolute Gasteiger partial charge is 0.338 e. The minimum absolute atomic E-state index is 0.0307. The molecular weight excluding hydrogens is 337 g/mol. The molecular formula is C13H8BrClFNO2. The van der Waals surface area contributed by atoms with Crippen LogP contribution in [0, 0.1) is 5.82 Å². The molecule has 0 aliphatic heterocycles. The summed E-state index contributed by atoms with van der Waals surface area (Å²) in [5, 5.41) is 12.0. The van der Waals surface area contributed by atoms with Crippen LogP contribution in [-0.4, -0.2) is 11.1 Å². The summed E-state index contributed by atoms with van der Waals surface area (Å²) in [5.41, 5.74) is 1.000. The van der Waals surface area contributed by atoms with Crippen LogP contribution in [0.4, 0.5) is 15.8 Å². The van der Waals surface area contributed by atoms with Gasteiger partial charge in [-0.15, -0.1) is 0 Å². The summed E-state index contributed by atoms with van der Waals surface area (Å²) >= 11 is 8.85. The monoisotopic (exact) mass is 343 g/mol. The molecule has 19 heavy (non-hydrogen) atoms. The van der Waals surface area contributed by atoms with E-state index in [1.54, 1.807) is 18.2 Å². The molecule has 0 amide bonds. The first kappa shape index (κ1) is 13.8. The lowest BCUT2D eigenvalue weighted by molar-refractivity contribution is 0.0697. The van der Waals surface area contributed by atoms with Crippen LogP contribution < -0.4 is 5.32 Å². The molecule has 0 radical (unpaired) electrons. The molecule has 0 aliphatic rings. The van der Waals surface area contributed by atoms with E-state index < -0.39 is 11.8 Å². The molecule has 2 aromatic carbocycles. The molecule has 0 heterocycles. The zero-order chi connectivity index (χ0) is 14.0. The molecule has 98 valence electrons. The predicted molar refractivity (Wildman–Crippen MR) is 75.8 cm³/mol. The van der Waals surface area contributed by atoms with Crippen LogP contribution in [0.25, 0.3) is 0 Å². The molecule has 0 saturated carbocycles. The van der Waals surface area contributed by atoms with Gasteiger partial charge in [-0.25, -0.2) is 9.18 Å². The molecule has 0 aliphatic carbocycles. The molecule has 0 aromatic heterocycles. The van der Waals surface area contributed by atoms with Crippen molar-refractivity contribution in [3.05, 3.63) is 57.3 Å². The van der Waals surface area contributed by atoms with E-state index >= 15 is 0 Å². The highest BCUT2D eigenvalue weighted by Crippen LogP contribution is 2.29. The van der Waals surface area contributed by atoms with Crippen molar-refractivity contribution in [2.75, 3.05) is 5.32 Å². The average molecular weight is 345 g/mol. The van der Waals surface area contributed by atoms with Crippen molar-refractivity contribution in [2.24, 2.45) is 0 Å². The normalized spacial score (nSPS) is 10.3. The van der Waals surface area contributed by atoms with Crippen molar-refractivity contribution in [3.63, 3.8) is 0 Å². The molecule has 0 bridgehead atoms. The molecule has 2 N–H and O–H groups in total.